The number of rotatable bonds is 6. The van der Waals surface area contributed by atoms with Gasteiger partial charge >= 0.3 is 6.03 Å². The molecule has 134 valence electrons. The summed E-state index contributed by atoms with van der Waals surface area (Å²) in [5.74, 6) is -0.899. The van der Waals surface area contributed by atoms with Gasteiger partial charge < -0.3 is 14.6 Å². The van der Waals surface area contributed by atoms with Crippen molar-refractivity contribution in [2.24, 2.45) is 0 Å². The van der Waals surface area contributed by atoms with Crippen molar-refractivity contribution in [2.75, 3.05) is 11.9 Å². The average molecular weight is 356 g/mol. The molecular weight excluding hydrogens is 338 g/mol. The number of anilines is 1. The molecule has 1 aromatic heterocycles. The van der Waals surface area contributed by atoms with Crippen LogP contribution in [0.15, 0.2) is 71.3 Å². The Bertz CT molecular complexity index is 852. The van der Waals surface area contributed by atoms with E-state index >= 15 is 0 Å². The Morgan fingerprint density at radius 3 is 2.54 bits per heavy atom. The lowest BCUT2D eigenvalue weighted by Gasteiger charge is -2.22. The summed E-state index contributed by atoms with van der Waals surface area (Å²) in [5, 5.41) is 2.49. The number of carbonyl (C=O) groups is 1. The summed E-state index contributed by atoms with van der Waals surface area (Å²) in [7, 11) is 0. The lowest BCUT2D eigenvalue weighted by Crippen LogP contribution is -2.36. The van der Waals surface area contributed by atoms with E-state index in [9.17, 15) is 13.6 Å². The van der Waals surface area contributed by atoms with Gasteiger partial charge in [-0.25, -0.2) is 13.6 Å². The molecule has 0 spiro atoms. The first-order valence-electron chi connectivity index (χ1n) is 8.19. The normalized spacial score (nSPS) is 10.5. The standard InChI is InChI=1S/C20H18F2N2O2/c21-16-8-9-19(18(22)13-16)23-20(25)24(14-17-7-4-12-26-17)11-10-15-5-2-1-3-6-15/h1-9,12-13H,10-11,14H2,(H,23,25). The van der Waals surface area contributed by atoms with Crippen LogP contribution >= 0.6 is 0 Å². The van der Waals surface area contributed by atoms with Crippen molar-refractivity contribution >= 4 is 11.7 Å². The highest BCUT2D eigenvalue weighted by atomic mass is 19.1. The Balaban J connectivity index is 1.71. The summed E-state index contributed by atoms with van der Waals surface area (Å²) in [6.45, 7) is 0.661. The van der Waals surface area contributed by atoms with Gasteiger partial charge in [-0.2, -0.15) is 0 Å². The zero-order chi connectivity index (χ0) is 18.4. The molecule has 6 heteroatoms. The largest absolute Gasteiger partial charge is 0.467 e. The Hall–Kier alpha value is -3.15. The Labute approximate surface area is 150 Å². The Kier molecular flexibility index (Phi) is 5.63. The van der Waals surface area contributed by atoms with Crippen LogP contribution in [0.1, 0.15) is 11.3 Å². The van der Waals surface area contributed by atoms with Gasteiger partial charge in [-0.05, 0) is 36.2 Å². The van der Waals surface area contributed by atoms with Crippen LogP contribution in [0.4, 0.5) is 19.3 Å². The van der Waals surface area contributed by atoms with Crippen molar-refractivity contribution < 1.29 is 18.0 Å². The lowest BCUT2D eigenvalue weighted by molar-refractivity contribution is 0.204. The molecule has 3 aromatic rings. The minimum Gasteiger partial charge on any atom is -0.467 e. The summed E-state index contributed by atoms with van der Waals surface area (Å²) in [6.07, 6.45) is 2.17. The Morgan fingerprint density at radius 1 is 1.04 bits per heavy atom. The van der Waals surface area contributed by atoms with Crippen LogP contribution in [-0.2, 0) is 13.0 Å². The van der Waals surface area contributed by atoms with Crippen LogP contribution < -0.4 is 5.32 Å². The van der Waals surface area contributed by atoms with Crippen LogP contribution in [0.2, 0.25) is 0 Å². The highest BCUT2D eigenvalue weighted by molar-refractivity contribution is 5.89. The number of halogens is 2. The number of hydrogen-bond acceptors (Lipinski definition) is 2. The number of benzene rings is 2. The number of amides is 2. The van der Waals surface area contributed by atoms with Crippen molar-refractivity contribution in [1.82, 2.24) is 4.90 Å². The fraction of sp³-hybridized carbons (Fsp3) is 0.150. The molecule has 0 saturated heterocycles. The lowest BCUT2D eigenvalue weighted by atomic mass is 10.1. The molecule has 0 atom stereocenters. The van der Waals surface area contributed by atoms with E-state index in [2.05, 4.69) is 5.32 Å². The molecule has 3 rings (SSSR count). The maximum absolute atomic E-state index is 13.8. The van der Waals surface area contributed by atoms with Gasteiger partial charge in [0.2, 0.25) is 0 Å². The molecule has 0 aliphatic carbocycles. The van der Waals surface area contributed by atoms with Crippen LogP contribution in [0.5, 0.6) is 0 Å². The maximum Gasteiger partial charge on any atom is 0.322 e. The van der Waals surface area contributed by atoms with Gasteiger partial charge in [0, 0.05) is 12.6 Å². The van der Waals surface area contributed by atoms with Crippen LogP contribution in [-0.4, -0.2) is 17.5 Å². The number of nitrogens with one attached hydrogen (secondary N) is 1. The van der Waals surface area contributed by atoms with E-state index in [0.29, 0.717) is 18.7 Å². The fourth-order valence-electron chi connectivity index (χ4n) is 2.54. The third-order valence-corrected chi connectivity index (χ3v) is 3.90. The van der Waals surface area contributed by atoms with Gasteiger partial charge in [0.1, 0.15) is 17.4 Å². The van der Waals surface area contributed by atoms with Gasteiger partial charge in [0.05, 0.1) is 18.5 Å². The van der Waals surface area contributed by atoms with E-state index in [0.717, 1.165) is 17.7 Å². The molecule has 2 amide bonds. The summed E-state index contributed by atoms with van der Waals surface area (Å²) in [4.78, 5) is 14.1. The predicted molar refractivity (Wildman–Crippen MR) is 94.6 cm³/mol. The second kappa shape index (κ2) is 8.29. The monoisotopic (exact) mass is 356 g/mol. The quantitative estimate of drug-likeness (QED) is 0.687. The SMILES string of the molecule is O=C(Nc1ccc(F)cc1F)N(CCc1ccccc1)Cc1ccco1. The molecular formula is C20H18F2N2O2. The fourth-order valence-corrected chi connectivity index (χ4v) is 2.54. The average Bonchev–Trinajstić information content (AvgIpc) is 3.15. The van der Waals surface area contributed by atoms with E-state index in [-0.39, 0.29) is 12.2 Å². The third-order valence-electron chi connectivity index (χ3n) is 3.90. The van der Waals surface area contributed by atoms with E-state index in [1.54, 1.807) is 12.1 Å². The molecule has 1 heterocycles. The predicted octanol–water partition coefficient (Wildman–Crippen LogP) is 4.83. The number of hydrogen-bond donors (Lipinski definition) is 1. The first-order valence-corrected chi connectivity index (χ1v) is 8.19. The van der Waals surface area contributed by atoms with Crippen LogP contribution in [0.25, 0.3) is 0 Å². The van der Waals surface area contributed by atoms with Crippen molar-refractivity contribution in [2.45, 2.75) is 13.0 Å². The van der Waals surface area contributed by atoms with Gasteiger partial charge in [0.15, 0.2) is 0 Å². The zero-order valence-electron chi connectivity index (χ0n) is 14.0. The molecule has 0 fully saturated rings. The van der Waals surface area contributed by atoms with E-state index in [4.69, 9.17) is 4.42 Å². The highest BCUT2D eigenvalue weighted by Gasteiger charge is 2.17. The molecule has 4 nitrogen and oxygen atoms in total. The molecule has 0 aliphatic rings. The Morgan fingerprint density at radius 2 is 1.85 bits per heavy atom. The summed E-state index contributed by atoms with van der Waals surface area (Å²) >= 11 is 0. The molecule has 0 radical (unpaired) electrons. The summed E-state index contributed by atoms with van der Waals surface area (Å²) < 4.78 is 32.1. The van der Waals surface area contributed by atoms with Crippen LogP contribution in [0.3, 0.4) is 0 Å². The van der Waals surface area contributed by atoms with Crippen molar-refractivity contribution in [3.8, 4) is 0 Å². The molecule has 26 heavy (non-hydrogen) atoms. The third kappa shape index (κ3) is 4.69. The molecule has 0 saturated carbocycles. The summed E-state index contributed by atoms with van der Waals surface area (Å²) in [5.41, 5.74) is 1.01. The minimum atomic E-state index is -0.820. The van der Waals surface area contributed by atoms with Gasteiger partial charge in [-0.15, -0.1) is 0 Å². The number of furan rings is 1. The highest BCUT2D eigenvalue weighted by Crippen LogP contribution is 2.17. The molecule has 0 aliphatic heterocycles. The van der Waals surface area contributed by atoms with Gasteiger partial charge in [-0.1, -0.05) is 30.3 Å². The minimum absolute atomic E-state index is 0.0689. The van der Waals surface area contributed by atoms with Gasteiger partial charge in [-0.3, -0.25) is 0 Å². The first-order chi connectivity index (χ1) is 12.6. The molecule has 0 bridgehead atoms. The first kappa shape index (κ1) is 17.7. The number of urea groups is 1. The van der Waals surface area contributed by atoms with E-state index in [1.807, 2.05) is 30.3 Å². The number of carbonyl (C=O) groups excluding carboxylic acids is 1. The van der Waals surface area contributed by atoms with Crippen molar-refractivity contribution in [3.05, 3.63) is 89.9 Å². The smallest absolute Gasteiger partial charge is 0.322 e. The number of nitrogens with zero attached hydrogens (tertiary/aromatic N) is 1. The summed E-state index contributed by atoms with van der Waals surface area (Å²) in [6, 6.07) is 15.8. The molecule has 2 aromatic carbocycles. The van der Waals surface area contributed by atoms with E-state index < -0.39 is 17.7 Å². The zero-order valence-corrected chi connectivity index (χ0v) is 14.0. The maximum atomic E-state index is 13.8. The topological polar surface area (TPSA) is 45.5 Å². The second-order valence-corrected chi connectivity index (χ2v) is 5.79. The molecule has 0 unspecified atom stereocenters. The van der Waals surface area contributed by atoms with Crippen molar-refractivity contribution in [3.63, 3.8) is 0 Å². The van der Waals surface area contributed by atoms with Crippen LogP contribution in [0, 0.1) is 11.6 Å². The second-order valence-electron chi connectivity index (χ2n) is 5.79. The van der Waals surface area contributed by atoms with Gasteiger partial charge in [0.25, 0.3) is 0 Å². The van der Waals surface area contributed by atoms with Crippen molar-refractivity contribution in [1.29, 1.82) is 0 Å². The van der Waals surface area contributed by atoms with E-state index in [1.165, 1.54) is 17.2 Å². The molecule has 1 N–H and O–H groups in total.